The molecular formula is C21H25F3N6. The van der Waals surface area contributed by atoms with Crippen LogP contribution >= 0.6 is 0 Å². The van der Waals surface area contributed by atoms with Crippen LogP contribution in [0.25, 0.3) is 0 Å². The minimum Gasteiger partial charge on any atom is -0.363 e. The molecule has 0 bridgehead atoms. The predicted octanol–water partition coefficient (Wildman–Crippen LogP) is 3.32. The topological polar surface area (TPSA) is 65.4 Å². The van der Waals surface area contributed by atoms with Crippen molar-refractivity contribution in [1.29, 1.82) is 0 Å². The highest BCUT2D eigenvalue weighted by molar-refractivity contribution is 5.82. The second kappa shape index (κ2) is 8.69. The Hall–Kier alpha value is -2.52. The zero-order chi connectivity index (χ0) is 22.2. The van der Waals surface area contributed by atoms with E-state index in [0.717, 1.165) is 19.2 Å². The number of hydrogen-bond acceptors (Lipinski definition) is 6. The molecular weight excluding hydrogens is 393 g/mol. The van der Waals surface area contributed by atoms with Gasteiger partial charge in [0.15, 0.2) is 0 Å². The van der Waals surface area contributed by atoms with Crippen LogP contribution in [0.2, 0.25) is 0 Å². The molecule has 30 heavy (non-hydrogen) atoms. The monoisotopic (exact) mass is 419 g/mol. The van der Waals surface area contributed by atoms with E-state index in [4.69, 9.17) is 1.37 Å². The molecule has 0 spiro atoms. The largest absolute Gasteiger partial charge is 0.363 e. The maximum Gasteiger partial charge on any atom is 0.266 e. The second-order valence-electron chi connectivity index (χ2n) is 7.60. The van der Waals surface area contributed by atoms with Crippen molar-refractivity contribution in [2.45, 2.75) is 44.9 Å². The average Bonchev–Trinajstić information content (AvgIpc) is 2.74. The third-order valence-corrected chi connectivity index (χ3v) is 5.60. The van der Waals surface area contributed by atoms with Gasteiger partial charge in [-0.2, -0.15) is 0 Å². The molecule has 1 unspecified atom stereocenters. The van der Waals surface area contributed by atoms with Crippen LogP contribution in [-0.4, -0.2) is 52.9 Å². The van der Waals surface area contributed by atoms with Gasteiger partial charge in [0.2, 0.25) is 0 Å². The number of nitrogens with one attached hydrogen (secondary N) is 2. The van der Waals surface area contributed by atoms with Crippen LogP contribution in [-0.2, 0) is 6.42 Å². The molecule has 1 aromatic carbocycles. The minimum atomic E-state index is -2.89. The molecule has 9 heteroatoms. The van der Waals surface area contributed by atoms with Crippen molar-refractivity contribution in [3.63, 3.8) is 0 Å². The van der Waals surface area contributed by atoms with Crippen molar-refractivity contribution in [3.8, 4) is 0 Å². The number of hydrogen-bond donors (Lipinski definition) is 2. The summed E-state index contributed by atoms with van der Waals surface area (Å²) in [5.74, 6) is -0.476. The Kier molecular flexibility index (Phi) is 5.63. The molecule has 3 atom stereocenters. The zero-order valence-electron chi connectivity index (χ0n) is 17.9. The lowest BCUT2D eigenvalue weighted by atomic mass is 10.0. The van der Waals surface area contributed by atoms with E-state index in [-0.39, 0.29) is 18.0 Å². The number of rotatable bonds is 5. The van der Waals surface area contributed by atoms with E-state index >= 15 is 0 Å². The maximum atomic E-state index is 14.6. The smallest absolute Gasteiger partial charge is 0.266 e. The Morgan fingerprint density at radius 3 is 2.87 bits per heavy atom. The molecule has 0 saturated carbocycles. The Morgan fingerprint density at radius 2 is 2.10 bits per heavy atom. The van der Waals surface area contributed by atoms with E-state index in [0.29, 0.717) is 23.6 Å². The Labute approximate surface area is 175 Å². The van der Waals surface area contributed by atoms with E-state index in [1.165, 1.54) is 18.5 Å². The fourth-order valence-electron chi connectivity index (χ4n) is 3.93. The first-order valence-corrected chi connectivity index (χ1v) is 9.99. The van der Waals surface area contributed by atoms with Crippen molar-refractivity contribution in [1.82, 2.24) is 20.2 Å². The first-order chi connectivity index (χ1) is 14.8. The molecule has 160 valence electrons. The van der Waals surface area contributed by atoms with Crippen LogP contribution in [0.4, 0.5) is 19.0 Å². The average molecular weight is 419 g/mol. The van der Waals surface area contributed by atoms with Gasteiger partial charge in [-0.25, -0.2) is 23.1 Å². The van der Waals surface area contributed by atoms with Gasteiger partial charge in [-0.3, -0.25) is 9.89 Å². The molecule has 2 aliphatic rings. The van der Waals surface area contributed by atoms with Gasteiger partial charge < -0.3 is 10.6 Å². The van der Waals surface area contributed by atoms with E-state index in [1.807, 2.05) is 4.90 Å². The summed E-state index contributed by atoms with van der Waals surface area (Å²) in [5.41, 5.74) is 0.802. The lowest BCUT2D eigenvalue weighted by molar-refractivity contribution is 0.119. The van der Waals surface area contributed by atoms with Gasteiger partial charge in [-0.15, -0.1) is 0 Å². The fourth-order valence-corrected chi connectivity index (χ4v) is 3.93. The van der Waals surface area contributed by atoms with E-state index in [9.17, 15) is 13.2 Å². The van der Waals surface area contributed by atoms with Gasteiger partial charge in [0.05, 0.1) is 18.7 Å². The third kappa shape index (κ3) is 4.04. The lowest BCUT2D eigenvalue weighted by Gasteiger charge is -2.39. The number of benzene rings is 1. The number of alkyl halides is 2. The molecule has 1 saturated heterocycles. The molecule has 0 aliphatic carbocycles. The van der Waals surface area contributed by atoms with Crippen molar-refractivity contribution in [2.24, 2.45) is 4.99 Å². The number of anilines is 1. The molecule has 3 heterocycles. The van der Waals surface area contributed by atoms with E-state index in [2.05, 4.69) is 32.5 Å². The summed E-state index contributed by atoms with van der Waals surface area (Å²) in [6.07, 6.45) is -0.870. The standard InChI is InChI=1S/C21H25F3N6/c1-12-9-25-6-7-30(12)18-8-16-17(10-26-18)27-11-28-21(16)29-13(2)14-4-3-5-15(19(14)22)20(23)24/h3-5,10-13,18,20,25H,6-9H2,1-2H3,(H,27,28,29)/t12-,13+,18?/m0/s1/i18D. The summed E-state index contributed by atoms with van der Waals surface area (Å²) in [6.45, 7) is 5.98. The fraction of sp³-hybridized carbons (Fsp3) is 0.476. The van der Waals surface area contributed by atoms with Crippen LogP contribution in [0.15, 0.2) is 29.5 Å². The highest BCUT2D eigenvalue weighted by atomic mass is 19.3. The van der Waals surface area contributed by atoms with Gasteiger partial charge in [-0.05, 0) is 13.8 Å². The number of piperazine rings is 1. The quantitative estimate of drug-likeness (QED) is 0.779. The van der Waals surface area contributed by atoms with Crippen molar-refractivity contribution in [3.05, 3.63) is 52.7 Å². The molecule has 6 nitrogen and oxygen atoms in total. The van der Waals surface area contributed by atoms with Crippen molar-refractivity contribution >= 4 is 12.0 Å². The number of nitrogens with zero attached hydrogens (tertiary/aromatic N) is 4. The predicted molar refractivity (Wildman–Crippen MR) is 110 cm³/mol. The molecule has 2 N–H and O–H groups in total. The summed E-state index contributed by atoms with van der Waals surface area (Å²) in [5, 5.41) is 6.44. The highest BCUT2D eigenvalue weighted by Crippen LogP contribution is 2.30. The molecule has 2 aromatic rings. The van der Waals surface area contributed by atoms with Gasteiger partial charge in [0.1, 0.15) is 24.1 Å². The lowest BCUT2D eigenvalue weighted by Crippen LogP contribution is -2.54. The zero-order valence-corrected chi connectivity index (χ0v) is 16.9. The molecule has 1 aromatic heterocycles. The van der Waals surface area contributed by atoms with Gasteiger partial charge in [0.25, 0.3) is 6.43 Å². The van der Waals surface area contributed by atoms with Crippen LogP contribution in [0, 0.1) is 5.82 Å². The van der Waals surface area contributed by atoms with Crippen molar-refractivity contribution in [2.75, 3.05) is 25.0 Å². The van der Waals surface area contributed by atoms with Crippen LogP contribution in [0.5, 0.6) is 0 Å². The maximum absolute atomic E-state index is 14.6. The summed E-state index contributed by atoms with van der Waals surface area (Å²) in [6, 6.07) is 3.50. The third-order valence-electron chi connectivity index (χ3n) is 5.60. The second-order valence-corrected chi connectivity index (χ2v) is 7.60. The molecule has 2 aliphatic heterocycles. The normalized spacial score (nSPS) is 25.7. The van der Waals surface area contributed by atoms with Gasteiger partial charge in [0, 0.05) is 49.4 Å². The van der Waals surface area contributed by atoms with Crippen LogP contribution in [0.3, 0.4) is 0 Å². The SMILES string of the molecule is [2H]C1(N2CCNC[C@@H]2C)Cc2c(ncnc2N[C@H](C)c2cccc(C(F)F)c2F)C=N1. The number of aliphatic imine (C=N–C) groups is 1. The summed E-state index contributed by atoms with van der Waals surface area (Å²) in [4.78, 5) is 15.1. The van der Waals surface area contributed by atoms with Crippen molar-refractivity contribution < 1.29 is 14.5 Å². The minimum absolute atomic E-state index is 0.127. The first kappa shape index (κ1) is 19.4. The summed E-state index contributed by atoms with van der Waals surface area (Å²) in [7, 11) is 0. The molecule has 0 amide bonds. The molecule has 0 radical (unpaired) electrons. The van der Waals surface area contributed by atoms with Crippen LogP contribution in [0.1, 0.15) is 50.1 Å². The summed E-state index contributed by atoms with van der Waals surface area (Å²) < 4.78 is 49.8. The Morgan fingerprint density at radius 1 is 1.30 bits per heavy atom. The first-order valence-electron chi connectivity index (χ1n) is 10.5. The molecule has 1 fully saturated rings. The molecule has 4 rings (SSSR count). The number of halogens is 3. The Bertz CT molecular complexity index is 988. The number of fused-ring (bicyclic) bond motifs is 1. The van der Waals surface area contributed by atoms with E-state index in [1.54, 1.807) is 13.1 Å². The summed E-state index contributed by atoms with van der Waals surface area (Å²) >= 11 is 0. The van der Waals surface area contributed by atoms with Gasteiger partial charge in [-0.1, -0.05) is 18.2 Å². The number of aromatic nitrogens is 2. The Balaban J connectivity index is 1.62. The van der Waals surface area contributed by atoms with Gasteiger partial charge >= 0.3 is 0 Å². The van der Waals surface area contributed by atoms with Crippen LogP contribution < -0.4 is 10.6 Å². The highest BCUT2D eigenvalue weighted by Gasteiger charge is 2.30. The van der Waals surface area contributed by atoms with E-state index < -0.39 is 30.0 Å².